The highest BCUT2D eigenvalue weighted by Gasteiger charge is 2.24. The Bertz CT molecular complexity index is 812. The fraction of sp³-hybridized carbons (Fsp3) is 0.500. The summed E-state index contributed by atoms with van der Waals surface area (Å²) in [6.07, 6.45) is 3.40. The second kappa shape index (κ2) is 7.08. The number of rotatable bonds is 8. The van der Waals surface area contributed by atoms with E-state index in [0.29, 0.717) is 25.8 Å². The lowest BCUT2D eigenvalue weighted by Gasteiger charge is -2.06. The van der Waals surface area contributed by atoms with E-state index in [4.69, 9.17) is 4.18 Å². The Morgan fingerprint density at radius 1 is 1.22 bits per heavy atom. The lowest BCUT2D eigenvalue weighted by Crippen LogP contribution is -2.10. The highest BCUT2D eigenvalue weighted by atomic mass is 32.2. The molecule has 2 rings (SSSR count). The Kier molecular flexibility index (Phi) is 5.56. The van der Waals surface area contributed by atoms with Crippen LogP contribution in [0.25, 0.3) is 0 Å². The lowest BCUT2D eigenvalue weighted by molar-refractivity contribution is -0.433. The molecule has 0 radical (unpaired) electrons. The first kappa shape index (κ1) is 18.1. The first-order valence-corrected chi connectivity index (χ1v) is 10.3. The van der Waals surface area contributed by atoms with Crippen LogP contribution in [0.5, 0.6) is 0 Å². The van der Waals surface area contributed by atoms with Crippen molar-refractivity contribution < 1.29 is 30.1 Å². The van der Waals surface area contributed by atoms with Gasteiger partial charge in [0.05, 0.1) is 28.0 Å². The van der Waals surface area contributed by atoms with Crippen LogP contribution in [0, 0.1) is 0 Å². The van der Waals surface area contributed by atoms with Gasteiger partial charge in [-0.05, 0) is 25.5 Å². The first-order valence-electron chi connectivity index (χ1n) is 7.29. The van der Waals surface area contributed by atoms with E-state index in [2.05, 4.69) is 0 Å². The van der Waals surface area contributed by atoms with Gasteiger partial charge in [-0.3, -0.25) is 4.18 Å². The molecule has 0 saturated carbocycles. The van der Waals surface area contributed by atoms with Crippen molar-refractivity contribution in [3.05, 3.63) is 23.8 Å². The molecule has 128 valence electrons. The first-order chi connectivity index (χ1) is 10.7. The summed E-state index contributed by atoms with van der Waals surface area (Å²) in [5.74, 6) is -0.362. The zero-order valence-corrected chi connectivity index (χ0v) is 14.4. The minimum atomic E-state index is -4.17. The quantitative estimate of drug-likeness (QED) is 0.296. The van der Waals surface area contributed by atoms with Gasteiger partial charge in [0.2, 0.25) is 5.69 Å². The highest BCUT2D eigenvalue weighted by Crippen LogP contribution is 2.27. The van der Waals surface area contributed by atoms with Gasteiger partial charge in [0.25, 0.3) is 10.1 Å². The molecule has 0 unspecified atom stereocenters. The number of hydrogen-bond acceptors (Lipinski definition) is 6. The molecule has 7 nitrogen and oxygen atoms in total. The van der Waals surface area contributed by atoms with Gasteiger partial charge < -0.3 is 4.55 Å². The van der Waals surface area contributed by atoms with E-state index < -0.39 is 20.2 Å². The van der Waals surface area contributed by atoms with Crippen molar-refractivity contribution in [2.45, 2.75) is 31.1 Å². The molecule has 9 heteroatoms. The Morgan fingerprint density at radius 3 is 2.61 bits per heavy atom. The Balaban J connectivity index is 2.03. The van der Waals surface area contributed by atoms with Crippen molar-refractivity contribution in [2.24, 2.45) is 0 Å². The van der Waals surface area contributed by atoms with Gasteiger partial charge in [-0.1, -0.05) is 0 Å². The molecule has 23 heavy (non-hydrogen) atoms. The maximum absolute atomic E-state index is 11.9. The molecule has 0 N–H and O–H groups in total. The van der Waals surface area contributed by atoms with Crippen molar-refractivity contribution in [1.82, 2.24) is 0 Å². The van der Waals surface area contributed by atoms with Crippen LogP contribution in [-0.4, -0.2) is 51.1 Å². The summed E-state index contributed by atoms with van der Waals surface area (Å²) < 4.78 is 62.2. The second-order valence-corrected chi connectivity index (χ2v) is 8.34. The van der Waals surface area contributed by atoms with Crippen molar-refractivity contribution >= 4 is 32.1 Å². The molecule has 0 amide bonds. The molecule has 0 atom stereocenters. The Hall–Kier alpha value is -1.29. The number of benzene rings is 1. The average molecular weight is 361 g/mol. The zero-order chi connectivity index (χ0) is 17.1. The monoisotopic (exact) mass is 361 g/mol. The van der Waals surface area contributed by atoms with Crippen LogP contribution in [0.4, 0.5) is 5.69 Å². The molecule has 0 fully saturated rings. The Labute approximate surface area is 136 Å². The van der Waals surface area contributed by atoms with E-state index >= 15 is 0 Å². The van der Waals surface area contributed by atoms with Gasteiger partial charge in [0.15, 0.2) is 0 Å². The maximum Gasteiger partial charge on any atom is 0.296 e. The van der Waals surface area contributed by atoms with Crippen molar-refractivity contribution in [2.75, 3.05) is 18.9 Å². The fourth-order valence-electron chi connectivity index (χ4n) is 2.46. The number of hydrogen-bond donors (Lipinski definition) is 0. The summed E-state index contributed by atoms with van der Waals surface area (Å²) in [6.45, 7) is 2.28. The summed E-state index contributed by atoms with van der Waals surface area (Å²) in [4.78, 5) is 0.130. The molecule has 0 aliphatic carbocycles. The molecule has 0 bridgehead atoms. The van der Waals surface area contributed by atoms with Crippen molar-refractivity contribution in [3.63, 3.8) is 0 Å². The average Bonchev–Trinajstić information content (AvgIpc) is 2.85. The van der Waals surface area contributed by atoms with E-state index in [1.165, 1.54) is 6.07 Å². The normalized spacial score (nSPS) is 14.6. The van der Waals surface area contributed by atoms with Crippen LogP contribution < -0.4 is 0 Å². The van der Waals surface area contributed by atoms with Crippen LogP contribution in [0.2, 0.25) is 0 Å². The predicted octanol–water partition coefficient (Wildman–Crippen LogP) is 1.01. The molecule has 0 saturated heterocycles. The van der Waals surface area contributed by atoms with E-state index in [1.54, 1.807) is 19.1 Å². The van der Waals surface area contributed by atoms with Crippen LogP contribution in [0.3, 0.4) is 0 Å². The van der Waals surface area contributed by atoms with Gasteiger partial charge in [-0.15, -0.1) is 0 Å². The van der Waals surface area contributed by atoms with Gasteiger partial charge in [-0.25, -0.2) is 13.0 Å². The third-order valence-corrected chi connectivity index (χ3v) is 5.66. The Morgan fingerprint density at radius 2 is 1.96 bits per heavy atom. The molecule has 0 spiro atoms. The molecule has 1 heterocycles. The van der Waals surface area contributed by atoms with Crippen molar-refractivity contribution in [3.8, 4) is 0 Å². The minimum absolute atomic E-state index is 0.0836. The van der Waals surface area contributed by atoms with E-state index in [0.717, 1.165) is 11.3 Å². The summed E-state index contributed by atoms with van der Waals surface area (Å²) in [5.41, 5.74) is 1.77. The molecular weight excluding hydrogens is 342 g/mol. The molecule has 1 aromatic rings. The topological polar surface area (TPSA) is 104 Å². The molecule has 1 aromatic carbocycles. The SMILES string of the molecule is CCOS(=O)(=O)c1ccc2c(c1)CC=[N+]2CCCCS(=O)(=O)[O-]. The largest absolute Gasteiger partial charge is 0.748 e. The van der Waals surface area contributed by atoms with Crippen LogP contribution >= 0.6 is 0 Å². The number of nitrogens with zero attached hydrogens (tertiary/aromatic N) is 1. The summed E-state index contributed by atoms with van der Waals surface area (Å²) in [7, 11) is -7.89. The van der Waals surface area contributed by atoms with Gasteiger partial charge in [0.1, 0.15) is 12.8 Å². The summed E-state index contributed by atoms with van der Waals surface area (Å²) in [5, 5.41) is 0. The van der Waals surface area contributed by atoms with Crippen LogP contribution in [-0.2, 0) is 30.8 Å². The van der Waals surface area contributed by atoms with Crippen LogP contribution in [0.1, 0.15) is 25.3 Å². The van der Waals surface area contributed by atoms with E-state index in [1.807, 2.05) is 10.8 Å². The van der Waals surface area contributed by atoms with Gasteiger partial charge >= 0.3 is 0 Å². The zero-order valence-electron chi connectivity index (χ0n) is 12.8. The standard InChI is InChI=1S/C14H19NO6S2/c1-2-21-23(19,20)13-5-6-14-12(11-13)7-9-15(14)8-3-4-10-22(16,17)18/h5-6,9,11H,2-4,7-8,10H2,1H3. The van der Waals surface area contributed by atoms with Crippen molar-refractivity contribution in [1.29, 1.82) is 0 Å². The fourth-order valence-corrected chi connectivity index (χ4v) is 3.99. The third kappa shape index (κ3) is 4.84. The van der Waals surface area contributed by atoms with Gasteiger partial charge in [-0.2, -0.15) is 8.42 Å². The smallest absolute Gasteiger partial charge is 0.296 e. The lowest BCUT2D eigenvalue weighted by atomic mass is 10.1. The molecule has 0 aromatic heterocycles. The number of unbranched alkanes of at least 4 members (excludes halogenated alkanes) is 1. The summed E-state index contributed by atoms with van der Waals surface area (Å²) in [6, 6.07) is 4.81. The number of fused-ring (bicyclic) bond motifs is 1. The molecular formula is C14H19NO6S2. The second-order valence-electron chi connectivity index (χ2n) is 5.20. The third-order valence-electron chi connectivity index (χ3n) is 3.50. The summed E-state index contributed by atoms with van der Waals surface area (Å²) >= 11 is 0. The van der Waals surface area contributed by atoms with Gasteiger partial charge in [0, 0.05) is 23.8 Å². The van der Waals surface area contributed by atoms with Crippen LogP contribution in [0.15, 0.2) is 23.1 Å². The molecule has 1 aliphatic heterocycles. The highest BCUT2D eigenvalue weighted by molar-refractivity contribution is 7.86. The molecule has 1 aliphatic rings. The van der Waals surface area contributed by atoms with E-state index in [9.17, 15) is 21.4 Å². The predicted molar refractivity (Wildman–Crippen MR) is 83.6 cm³/mol. The van der Waals surface area contributed by atoms with E-state index in [-0.39, 0.29) is 17.3 Å². The maximum atomic E-state index is 11.9. The minimum Gasteiger partial charge on any atom is -0.748 e.